The molecule has 4 amide bonds. The third kappa shape index (κ3) is 6.63. The Morgan fingerprint density at radius 3 is 2.48 bits per heavy atom. The standard InChI is InChI=1S/C30H41ClN6O4S/c1-4-20-13-19(14-24(31)27(20)32)15-26(28(38)35-9-5-22(6-10-35)34(2)3)41-30(40)36-11-7-23(8-12-36)37-16-21-17-42-18-25(21)33-29(37)39/h13-14,17-18,22-23,26H,4-12,15-16,32H2,1-3H3,(H,33,39)/t26-/m1/s1. The predicted molar refractivity (Wildman–Crippen MR) is 166 cm³/mol. The lowest BCUT2D eigenvalue weighted by molar-refractivity contribution is -0.142. The first kappa shape index (κ1) is 30.4. The molecule has 0 bridgehead atoms. The molecular weight excluding hydrogens is 576 g/mol. The van der Waals surface area contributed by atoms with E-state index in [1.807, 2.05) is 28.2 Å². The maximum Gasteiger partial charge on any atom is 0.410 e. The summed E-state index contributed by atoms with van der Waals surface area (Å²) in [6.07, 6.45) is 2.48. The number of rotatable bonds is 7. The van der Waals surface area contributed by atoms with Crippen molar-refractivity contribution in [3.8, 4) is 0 Å². The highest BCUT2D eigenvalue weighted by Crippen LogP contribution is 2.31. The molecule has 10 nitrogen and oxygen atoms in total. The summed E-state index contributed by atoms with van der Waals surface area (Å²) in [5.41, 5.74) is 10.4. The maximum atomic E-state index is 13.8. The average molecular weight is 617 g/mol. The summed E-state index contributed by atoms with van der Waals surface area (Å²) >= 11 is 8.00. The number of hydrogen-bond acceptors (Lipinski definition) is 7. The molecule has 3 N–H and O–H groups in total. The van der Waals surface area contributed by atoms with E-state index in [-0.39, 0.29) is 24.4 Å². The van der Waals surface area contributed by atoms with Gasteiger partial charge in [0.05, 0.1) is 22.9 Å². The summed E-state index contributed by atoms with van der Waals surface area (Å²) in [6.45, 7) is 4.71. The Labute approximate surface area is 256 Å². The number of carbonyl (C=O) groups excluding carboxylic acids is 3. The van der Waals surface area contributed by atoms with Crippen molar-refractivity contribution in [1.29, 1.82) is 0 Å². The number of carbonyl (C=O) groups is 3. The van der Waals surface area contributed by atoms with E-state index in [4.69, 9.17) is 22.1 Å². The minimum absolute atomic E-state index is 0.0295. The fraction of sp³-hybridized carbons (Fsp3) is 0.567. The zero-order chi connectivity index (χ0) is 30.0. The lowest BCUT2D eigenvalue weighted by Crippen LogP contribution is -2.52. The number of nitrogens with two attached hydrogens (primary N) is 1. The second-order valence-electron chi connectivity index (χ2n) is 11.7. The van der Waals surface area contributed by atoms with Gasteiger partial charge in [-0.1, -0.05) is 24.6 Å². The van der Waals surface area contributed by atoms with Gasteiger partial charge in [0, 0.05) is 55.6 Å². The Hall–Kier alpha value is -3.02. The molecule has 42 heavy (non-hydrogen) atoms. The molecule has 0 unspecified atom stereocenters. The van der Waals surface area contributed by atoms with Gasteiger partial charge < -0.3 is 35.4 Å². The van der Waals surface area contributed by atoms with Crippen molar-refractivity contribution in [1.82, 2.24) is 19.6 Å². The molecule has 12 heteroatoms. The first-order valence-electron chi connectivity index (χ1n) is 14.7. The number of nitrogens with one attached hydrogen (secondary N) is 1. The zero-order valence-corrected chi connectivity index (χ0v) is 26.2. The predicted octanol–water partition coefficient (Wildman–Crippen LogP) is 4.66. The minimum Gasteiger partial charge on any atom is -0.436 e. The van der Waals surface area contributed by atoms with Gasteiger partial charge in [-0.05, 0) is 68.8 Å². The van der Waals surface area contributed by atoms with E-state index in [1.165, 1.54) is 0 Å². The number of hydrogen-bond donors (Lipinski definition) is 2. The van der Waals surface area contributed by atoms with Crippen LogP contribution in [0.1, 0.15) is 49.3 Å². The van der Waals surface area contributed by atoms with Gasteiger partial charge in [-0.3, -0.25) is 4.79 Å². The molecule has 0 radical (unpaired) electrons. The maximum absolute atomic E-state index is 13.8. The molecule has 2 saturated heterocycles. The molecule has 5 rings (SSSR count). The van der Waals surface area contributed by atoms with Crippen molar-refractivity contribution < 1.29 is 19.1 Å². The van der Waals surface area contributed by atoms with E-state index in [2.05, 4.69) is 29.7 Å². The van der Waals surface area contributed by atoms with Gasteiger partial charge in [0.15, 0.2) is 6.10 Å². The van der Waals surface area contributed by atoms with Crippen LogP contribution < -0.4 is 11.1 Å². The van der Waals surface area contributed by atoms with Crippen LogP contribution in [-0.2, 0) is 28.9 Å². The molecule has 228 valence electrons. The van der Waals surface area contributed by atoms with Crippen LogP contribution >= 0.6 is 22.9 Å². The van der Waals surface area contributed by atoms with Crippen LogP contribution in [0.3, 0.4) is 0 Å². The zero-order valence-electron chi connectivity index (χ0n) is 24.6. The molecule has 1 aromatic carbocycles. The lowest BCUT2D eigenvalue weighted by Gasteiger charge is -2.40. The van der Waals surface area contributed by atoms with Gasteiger partial charge in [0.2, 0.25) is 0 Å². The molecule has 4 heterocycles. The number of benzene rings is 1. The monoisotopic (exact) mass is 616 g/mol. The summed E-state index contributed by atoms with van der Waals surface area (Å²) in [4.78, 5) is 47.5. The average Bonchev–Trinajstić information content (AvgIpc) is 3.45. The smallest absolute Gasteiger partial charge is 0.410 e. The van der Waals surface area contributed by atoms with E-state index in [0.717, 1.165) is 35.2 Å². The summed E-state index contributed by atoms with van der Waals surface area (Å²) in [5.74, 6) is -0.182. The Bertz CT molecular complexity index is 1300. The van der Waals surface area contributed by atoms with Gasteiger partial charge >= 0.3 is 12.1 Å². The number of ether oxygens (including phenoxy) is 1. The number of urea groups is 1. The molecule has 0 spiro atoms. The van der Waals surface area contributed by atoms with E-state index in [0.29, 0.717) is 68.7 Å². The summed E-state index contributed by atoms with van der Waals surface area (Å²) in [5, 5.41) is 7.42. The van der Waals surface area contributed by atoms with Crippen molar-refractivity contribution in [2.45, 2.75) is 70.2 Å². The number of nitrogen functional groups attached to an aromatic ring is 1. The Balaban J connectivity index is 1.25. The van der Waals surface area contributed by atoms with Crippen molar-refractivity contribution >= 4 is 52.3 Å². The molecular formula is C30H41ClN6O4S. The van der Waals surface area contributed by atoms with Crippen LogP contribution in [0.25, 0.3) is 0 Å². The SMILES string of the molecule is CCc1cc(C[C@@H](OC(=O)N2CCC(N3Cc4cscc4NC3=O)CC2)C(=O)N2CCC(N(C)C)CC2)cc(Cl)c1N. The largest absolute Gasteiger partial charge is 0.436 e. The van der Waals surface area contributed by atoms with Crippen molar-refractivity contribution in [2.24, 2.45) is 0 Å². The number of likely N-dealkylation sites (tertiary alicyclic amines) is 2. The van der Waals surface area contributed by atoms with Gasteiger partial charge in [0.25, 0.3) is 5.91 Å². The van der Waals surface area contributed by atoms with Crippen LogP contribution in [-0.4, -0.2) is 96.1 Å². The molecule has 0 saturated carbocycles. The molecule has 0 aliphatic carbocycles. The number of fused-ring (bicyclic) bond motifs is 1. The number of aryl methyl sites for hydroxylation is 1. The normalized spacial score (nSPS) is 19.1. The van der Waals surface area contributed by atoms with Crippen LogP contribution in [0, 0.1) is 0 Å². The molecule has 3 aliphatic rings. The summed E-state index contributed by atoms with van der Waals surface area (Å²) in [7, 11) is 4.12. The highest BCUT2D eigenvalue weighted by molar-refractivity contribution is 7.08. The third-order valence-corrected chi connectivity index (χ3v) is 9.96. The fourth-order valence-electron chi connectivity index (χ4n) is 6.20. The second kappa shape index (κ2) is 13.1. The highest BCUT2D eigenvalue weighted by Gasteiger charge is 2.36. The first-order chi connectivity index (χ1) is 20.1. The van der Waals surface area contributed by atoms with Gasteiger partial charge in [-0.2, -0.15) is 0 Å². The van der Waals surface area contributed by atoms with Crippen LogP contribution in [0.15, 0.2) is 22.9 Å². The van der Waals surface area contributed by atoms with Crippen molar-refractivity contribution in [3.05, 3.63) is 44.6 Å². The molecule has 1 atom stereocenters. The number of amides is 4. The van der Waals surface area contributed by atoms with Crippen LogP contribution in [0.2, 0.25) is 5.02 Å². The summed E-state index contributed by atoms with van der Waals surface area (Å²) < 4.78 is 5.98. The molecule has 1 aromatic heterocycles. The lowest BCUT2D eigenvalue weighted by atomic mass is 9.99. The first-order valence-corrected chi connectivity index (χ1v) is 16.1. The van der Waals surface area contributed by atoms with E-state index in [9.17, 15) is 14.4 Å². The Kier molecular flexibility index (Phi) is 9.49. The number of thiophene rings is 1. The van der Waals surface area contributed by atoms with Gasteiger partial charge in [0.1, 0.15) is 0 Å². The van der Waals surface area contributed by atoms with Crippen LogP contribution in [0.5, 0.6) is 0 Å². The summed E-state index contributed by atoms with van der Waals surface area (Å²) in [6, 6.07) is 4.06. The van der Waals surface area contributed by atoms with Crippen molar-refractivity contribution in [3.63, 3.8) is 0 Å². The Morgan fingerprint density at radius 2 is 1.81 bits per heavy atom. The number of halogens is 1. The van der Waals surface area contributed by atoms with Crippen LogP contribution in [0.4, 0.5) is 21.0 Å². The van der Waals surface area contributed by atoms with E-state index >= 15 is 0 Å². The third-order valence-electron chi connectivity index (χ3n) is 8.85. The highest BCUT2D eigenvalue weighted by atomic mass is 35.5. The topological polar surface area (TPSA) is 111 Å². The molecule has 3 aliphatic heterocycles. The van der Waals surface area contributed by atoms with E-state index < -0.39 is 12.2 Å². The Morgan fingerprint density at radius 1 is 1.12 bits per heavy atom. The quantitative estimate of drug-likeness (QED) is 0.438. The van der Waals surface area contributed by atoms with Crippen molar-refractivity contribution in [2.75, 3.05) is 51.3 Å². The fourth-order valence-corrected chi connectivity index (χ4v) is 7.24. The molecule has 2 aromatic rings. The number of piperidine rings is 2. The number of nitrogens with zero attached hydrogens (tertiary/aromatic N) is 4. The van der Waals surface area contributed by atoms with E-state index in [1.54, 1.807) is 22.3 Å². The van der Waals surface area contributed by atoms with Gasteiger partial charge in [-0.15, -0.1) is 11.3 Å². The minimum atomic E-state index is -0.972. The second-order valence-corrected chi connectivity index (χ2v) is 12.8. The molecule has 2 fully saturated rings. The van der Waals surface area contributed by atoms with Gasteiger partial charge in [-0.25, -0.2) is 9.59 Å². The number of anilines is 2.